The second-order valence-electron chi connectivity index (χ2n) is 4.22. The van der Waals surface area contributed by atoms with Gasteiger partial charge in [0, 0.05) is 7.05 Å². The quantitative estimate of drug-likeness (QED) is 0.875. The Morgan fingerprint density at radius 3 is 2.70 bits per heavy atom. The van der Waals surface area contributed by atoms with Gasteiger partial charge in [0.2, 0.25) is 0 Å². The van der Waals surface area contributed by atoms with Gasteiger partial charge in [-0.05, 0) is 25.1 Å². The first-order valence-corrected chi connectivity index (χ1v) is 7.15. The molecule has 0 radical (unpaired) electrons. The van der Waals surface area contributed by atoms with Gasteiger partial charge in [-0.1, -0.05) is 6.07 Å². The summed E-state index contributed by atoms with van der Waals surface area (Å²) in [5, 5.41) is 12.8. The Labute approximate surface area is 116 Å². The Balaban J connectivity index is 2.44. The lowest BCUT2D eigenvalue weighted by atomic mass is 10.2. The lowest BCUT2D eigenvalue weighted by Gasteiger charge is -2.09. The fourth-order valence-corrected chi connectivity index (χ4v) is 2.87. The lowest BCUT2D eigenvalue weighted by Crippen LogP contribution is -2.16. The number of sulfonamides is 1. The number of nitrogens with one attached hydrogen (secondary N) is 1. The van der Waals surface area contributed by atoms with E-state index in [4.69, 9.17) is 11.0 Å². The predicted molar refractivity (Wildman–Crippen MR) is 74.3 cm³/mol. The van der Waals surface area contributed by atoms with Crippen molar-refractivity contribution in [1.29, 1.82) is 5.26 Å². The highest BCUT2D eigenvalue weighted by Gasteiger charge is 2.19. The molecule has 0 bridgehead atoms. The number of anilines is 2. The van der Waals surface area contributed by atoms with E-state index < -0.39 is 10.0 Å². The van der Waals surface area contributed by atoms with Crippen molar-refractivity contribution in [1.82, 2.24) is 9.78 Å². The first-order chi connectivity index (χ1) is 9.35. The Morgan fingerprint density at radius 1 is 1.45 bits per heavy atom. The molecule has 2 aromatic rings. The minimum absolute atomic E-state index is 0.00481. The molecule has 0 saturated carbocycles. The Bertz CT molecular complexity index is 802. The standard InChI is InChI=1S/C12H13N5O2S/c1-8-11(14)12(17(2)15-8)16-20(18,19)10-5-3-4-9(6-10)7-13/h3-6,16H,14H2,1-2H3. The monoisotopic (exact) mass is 291 g/mol. The summed E-state index contributed by atoms with van der Waals surface area (Å²) in [6.45, 7) is 1.68. The number of rotatable bonds is 3. The van der Waals surface area contributed by atoms with Crippen molar-refractivity contribution in [2.75, 3.05) is 10.5 Å². The van der Waals surface area contributed by atoms with Crippen molar-refractivity contribution in [2.45, 2.75) is 11.8 Å². The molecule has 0 aliphatic rings. The zero-order chi connectivity index (χ0) is 14.9. The number of aromatic nitrogens is 2. The van der Waals surface area contributed by atoms with E-state index in [-0.39, 0.29) is 22.0 Å². The highest BCUT2D eigenvalue weighted by atomic mass is 32.2. The van der Waals surface area contributed by atoms with Crippen molar-refractivity contribution in [3.8, 4) is 6.07 Å². The fourth-order valence-electron chi connectivity index (χ4n) is 1.71. The molecule has 0 unspecified atom stereocenters. The van der Waals surface area contributed by atoms with Gasteiger partial charge in [0.15, 0.2) is 5.82 Å². The number of hydrogen-bond donors (Lipinski definition) is 2. The zero-order valence-corrected chi connectivity index (χ0v) is 11.8. The normalized spacial score (nSPS) is 11.1. The van der Waals surface area contributed by atoms with Gasteiger partial charge in [-0.15, -0.1) is 0 Å². The Morgan fingerprint density at radius 2 is 2.15 bits per heavy atom. The van der Waals surface area contributed by atoms with Crippen LogP contribution in [0.1, 0.15) is 11.3 Å². The van der Waals surface area contributed by atoms with Crippen molar-refractivity contribution in [2.24, 2.45) is 7.05 Å². The summed E-state index contributed by atoms with van der Waals surface area (Å²) in [5.74, 6) is 0.199. The third-order valence-corrected chi connectivity index (χ3v) is 4.11. The largest absolute Gasteiger partial charge is 0.394 e. The average molecular weight is 291 g/mol. The van der Waals surface area contributed by atoms with Crippen LogP contribution in [0.5, 0.6) is 0 Å². The topological polar surface area (TPSA) is 114 Å². The van der Waals surface area contributed by atoms with Crippen molar-refractivity contribution in [3.05, 3.63) is 35.5 Å². The highest BCUT2D eigenvalue weighted by molar-refractivity contribution is 7.92. The maximum absolute atomic E-state index is 12.3. The molecule has 0 fully saturated rings. The van der Waals surface area contributed by atoms with E-state index in [2.05, 4.69) is 9.82 Å². The molecule has 2 rings (SSSR count). The van der Waals surface area contributed by atoms with Gasteiger partial charge in [-0.2, -0.15) is 10.4 Å². The van der Waals surface area contributed by atoms with Gasteiger partial charge in [0.25, 0.3) is 10.0 Å². The van der Waals surface area contributed by atoms with Crippen molar-refractivity contribution >= 4 is 21.5 Å². The molecule has 0 amide bonds. The van der Waals surface area contributed by atoms with E-state index in [0.717, 1.165) is 0 Å². The number of nitriles is 1. The van der Waals surface area contributed by atoms with Crippen LogP contribution in [-0.2, 0) is 17.1 Å². The van der Waals surface area contributed by atoms with Gasteiger partial charge in [0.1, 0.15) is 0 Å². The van der Waals surface area contributed by atoms with Crippen LogP contribution in [0, 0.1) is 18.3 Å². The van der Waals surface area contributed by atoms with E-state index >= 15 is 0 Å². The summed E-state index contributed by atoms with van der Waals surface area (Å²) in [4.78, 5) is -0.00481. The summed E-state index contributed by atoms with van der Waals surface area (Å²) >= 11 is 0. The summed E-state index contributed by atoms with van der Waals surface area (Å²) < 4.78 is 28.3. The molecule has 20 heavy (non-hydrogen) atoms. The van der Waals surface area contributed by atoms with E-state index in [1.54, 1.807) is 14.0 Å². The maximum atomic E-state index is 12.3. The van der Waals surface area contributed by atoms with Gasteiger partial charge >= 0.3 is 0 Å². The number of nitrogens with two attached hydrogens (primary N) is 1. The second-order valence-corrected chi connectivity index (χ2v) is 5.90. The molecule has 0 aliphatic heterocycles. The van der Waals surface area contributed by atoms with Gasteiger partial charge in [-0.25, -0.2) is 13.1 Å². The molecule has 1 heterocycles. The molecule has 1 aromatic carbocycles. The van der Waals surface area contributed by atoms with Crippen LogP contribution < -0.4 is 10.5 Å². The molecular weight excluding hydrogens is 278 g/mol. The van der Waals surface area contributed by atoms with E-state index in [1.807, 2.05) is 6.07 Å². The number of nitrogen functional groups attached to an aromatic ring is 1. The Hall–Kier alpha value is -2.53. The predicted octanol–water partition coefficient (Wildman–Crippen LogP) is 0.983. The number of nitrogens with zero attached hydrogens (tertiary/aromatic N) is 3. The first-order valence-electron chi connectivity index (χ1n) is 5.67. The van der Waals surface area contributed by atoms with Crippen LogP contribution in [-0.4, -0.2) is 18.2 Å². The minimum Gasteiger partial charge on any atom is -0.394 e. The van der Waals surface area contributed by atoms with Crippen LogP contribution in [0.2, 0.25) is 0 Å². The smallest absolute Gasteiger partial charge is 0.263 e. The highest BCUT2D eigenvalue weighted by Crippen LogP contribution is 2.24. The molecule has 8 heteroatoms. The van der Waals surface area contributed by atoms with Crippen LogP contribution in [0.3, 0.4) is 0 Å². The average Bonchev–Trinajstić information content (AvgIpc) is 2.65. The molecule has 0 spiro atoms. The summed E-state index contributed by atoms with van der Waals surface area (Å²) in [5.41, 5.74) is 6.86. The van der Waals surface area contributed by atoms with Crippen LogP contribution in [0.25, 0.3) is 0 Å². The SMILES string of the molecule is Cc1nn(C)c(NS(=O)(=O)c2cccc(C#N)c2)c1N. The van der Waals surface area contributed by atoms with E-state index in [0.29, 0.717) is 5.69 Å². The molecule has 0 aliphatic carbocycles. The van der Waals surface area contributed by atoms with Gasteiger partial charge in [0.05, 0.1) is 27.9 Å². The molecule has 104 valence electrons. The minimum atomic E-state index is -3.82. The fraction of sp³-hybridized carbons (Fsp3) is 0.167. The first kappa shape index (κ1) is 13.9. The van der Waals surface area contributed by atoms with Gasteiger partial charge in [-0.3, -0.25) is 4.72 Å². The molecule has 1 aromatic heterocycles. The molecular formula is C12H13N5O2S. The summed E-state index contributed by atoms with van der Waals surface area (Å²) in [7, 11) is -2.23. The van der Waals surface area contributed by atoms with Crippen molar-refractivity contribution < 1.29 is 8.42 Å². The van der Waals surface area contributed by atoms with Crippen LogP contribution in [0.15, 0.2) is 29.2 Å². The Kier molecular flexibility index (Phi) is 3.38. The summed E-state index contributed by atoms with van der Waals surface area (Å²) in [6, 6.07) is 7.63. The maximum Gasteiger partial charge on any atom is 0.263 e. The molecule has 7 nitrogen and oxygen atoms in total. The third kappa shape index (κ3) is 2.44. The lowest BCUT2D eigenvalue weighted by molar-refractivity contribution is 0.600. The molecule has 0 atom stereocenters. The van der Waals surface area contributed by atoms with E-state index in [1.165, 1.54) is 28.9 Å². The van der Waals surface area contributed by atoms with Crippen LogP contribution >= 0.6 is 0 Å². The molecule has 0 saturated heterocycles. The van der Waals surface area contributed by atoms with Crippen molar-refractivity contribution in [3.63, 3.8) is 0 Å². The third-order valence-electron chi connectivity index (χ3n) is 2.77. The van der Waals surface area contributed by atoms with E-state index in [9.17, 15) is 8.42 Å². The summed E-state index contributed by atoms with van der Waals surface area (Å²) in [6.07, 6.45) is 0. The number of aryl methyl sites for hydroxylation is 2. The van der Waals surface area contributed by atoms with Crippen LogP contribution in [0.4, 0.5) is 11.5 Å². The number of hydrogen-bond acceptors (Lipinski definition) is 5. The zero-order valence-electron chi connectivity index (χ0n) is 11.0. The molecule has 3 N–H and O–H groups in total. The number of benzene rings is 1. The van der Waals surface area contributed by atoms with Gasteiger partial charge < -0.3 is 5.73 Å². The second kappa shape index (κ2) is 4.86.